The van der Waals surface area contributed by atoms with Crippen LogP contribution in [0.2, 0.25) is 0 Å². The van der Waals surface area contributed by atoms with Crippen LogP contribution >= 0.6 is 0 Å². The van der Waals surface area contributed by atoms with Crippen molar-refractivity contribution in [2.75, 3.05) is 13.1 Å². The third-order valence-electron chi connectivity index (χ3n) is 4.27. The average molecular weight is 253 g/mol. The minimum absolute atomic E-state index is 0.179. The molecule has 0 aromatic rings. The normalized spacial score (nSPS) is 31.1. The van der Waals surface area contributed by atoms with Crippen LogP contribution in [0.3, 0.4) is 0 Å². The Morgan fingerprint density at radius 1 is 1.33 bits per heavy atom. The molecule has 2 rings (SSSR count). The zero-order chi connectivity index (χ0) is 13.1. The number of amides is 1. The second kappa shape index (κ2) is 6.02. The first-order valence-corrected chi connectivity index (χ1v) is 7.35. The first-order chi connectivity index (χ1) is 8.60. The molecular weight excluding hydrogens is 226 g/mol. The SMILES string of the molecule is CC1CCC(C)N(C(CN)CC(=O)NC2CC2)C1. The zero-order valence-corrected chi connectivity index (χ0v) is 11.7. The molecule has 2 aliphatic rings. The van der Waals surface area contributed by atoms with Crippen LogP contribution in [0.5, 0.6) is 0 Å². The predicted octanol–water partition coefficient (Wildman–Crippen LogP) is 1.10. The topological polar surface area (TPSA) is 58.4 Å². The van der Waals surface area contributed by atoms with E-state index >= 15 is 0 Å². The summed E-state index contributed by atoms with van der Waals surface area (Å²) >= 11 is 0. The van der Waals surface area contributed by atoms with E-state index in [1.807, 2.05) is 0 Å². The van der Waals surface area contributed by atoms with Gasteiger partial charge in [-0.05, 0) is 38.5 Å². The van der Waals surface area contributed by atoms with Crippen LogP contribution in [0.25, 0.3) is 0 Å². The maximum Gasteiger partial charge on any atom is 0.221 e. The Morgan fingerprint density at radius 3 is 2.67 bits per heavy atom. The highest BCUT2D eigenvalue weighted by atomic mass is 16.1. The van der Waals surface area contributed by atoms with E-state index in [9.17, 15) is 4.79 Å². The van der Waals surface area contributed by atoms with Gasteiger partial charge >= 0.3 is 0 Å². The van der Waals surface area contributed by atoms with Crippen molar-refractivity contribution in [1.82, 2.24) is 10.2 Å². The molecular formula is C14H27N3O. The van der Waals surface area contributed by atoms with Crippen LogP contribution in [0.4, 0.5) is 0 Å². The van der Waals surface area contributed by atoms with Crippen molar-refractivity contribution in [3.8, 4) is 0 Å². The number of piperidine rings is 1. The highest BCUT2D eigenvalue weighted by Gasteiger charge is 2.31. The molecule has 2 fully saturated rings. The standard InChI is InChI=1S/C14H27N3O/c1-10-3-4-11(2)17(9-10)13(8-15)7-14(18)16-12-5-6-12/h10-13H,3-9,15H2,1-2H3,(H,16,18). The molecule has 0 aromatic carbocycles. The molecule has 3 N–H and O–H groups in total. The van der Waals surface area contributed by atoms with E-state index in [0.29, 0.717) is 25.0 Å². The molecule has 0 aromatic heterocycles. The number of nitrogens with one attached hydrogen (secondary N) is 1. The van der Waals surface area contributed by atoms with Gasteiger partial charge in [-0.3, -0.25) is 9.69 Å². The van der Waals surface area contributed by atoms with Crippen molar-refractivity contribution in [1.29, 1.82) is 0 Å². The number of hydrogen-bond acceptors (Lipinski definition) is 3. The number of hydrogen-bond donors (Lipinski definition) is 2. The van der Waals surface area contributed by atoms with Gasteiger partial charge in [0.1, 0.15) is 0 Å². The van der Waals surface area contributed by atoms with Gasteiger partial charge in [0, 0.05) is 37.6 Å². The smallest absolute Gasteiger partial charge is 0.221 e. The lowest BCUT2D eigenvalue weighted by atomic mass is 9.92. The summed E-state index contributed by atoms with van der Waals surface area (Å²) in [6.07, 6.45) is 5.38. The number of rotatable bonds is 5. The molecule has 1 aliphatic heterocycles. The lowest BCUT2D eigenvalue weighted by molar-refractivity contribution is -0.122. The summed E-state index contributed by atoms with van der Waals surface area (Å²) in [7, 11) is 0. The molecule has 4 heteroatoms. The van der Waals surface area contributed by atoms with Gasteiger partial charge in [0.15, 0.2) is 0 Å². The number of likely N-dealkylation sites (tertiary alicyclic amines) is 1. The van der Waals surface area contributed by atoms with Crippen LogP contribution in [0, 0.1) is 5.92 Å². The van der Waals surface area contributed by atoms with E-state index in [1.54, 1.807) is 0 Å². The van der Waals surface area contributed by atoms with Crippen LogP contribution < -0.4 is 11.1 Å². The van der Waals surface area contributed by atoms with Crippen LogP contribution in [-0.4, -0.2) is 42.0 Å². The molecule has 0 bridgehead atoms. The van der Waals surface area contributed by atoms with E-state index in [2.05, 4.69) is 24.1 Å². The fraction of sp³-hybridized carbons (Fsp3) is 0.929. The zero-order valence-electron chi connectivity index (χ0n) is 11.7. The summed E-state index contributed by atoms with van der Waals surface area (Å²) in [5.41, 5.74) is 5.88. The van der Waals surface area contributed by atoms with E-state index in [0.717, 1.165) is 25.3 Å². The fourth-order valence-electron chi connectivity index (χ4n) is 2.90. The van der Waals surface area contributed by atoms with Gasteiger partial charge in [-0.15, -0.1) is 0 Å². The monoisotopic (exact) mass is 253 g/mol. The fourth-order valence-corrected chi connectivity index (χ4v) is 2.90. The Balaban J connectivity index is 1.87. The predicted molar refractivity (Wildman–Crippen MR) is 73.2 cm³/mol. The minimum Gasteiger partial charge on any atom is -0.353 e. The Morgan fingerprint density at radius 2 is 2.06 bits per heavy atom. The summed E-state index contributed by atoms with van der Waals surface area (Å²) in [4.78, 5) is 14.3. The molecule has 1 saturated carbocycles. The van der Waals surface area contributed by atoms with Gasteiger partial charge in [-0.25, -0.2) is 0 Å². The Kier molecular flexibility index (Phi) is 4.62. The Hall–Kier alpha value is -0.610. The van der Waals surface area contributed by atoms with Gasteiger partial charge in [0.25, 0.3) is 0 Å². The van der Waals surface area contributed by atoms with Crippen molar-refractivity contribution >= 4 is 5.91 Å². The van der Waals surface area contributed by atoms with Gasteiger partial charge < -0.3 is 11.1 Å². The highest BCUT2D eigenvalue weighted by molar-refractivity contribution is 5.77. The molecule has 1 heterocycles. The van der Waals surface area contributed by atoms with Crippen molar-refractivity contribution in [2.24, 2.45) is 11.7 Å². The van der Waals surface area contributed by atoms with Crippen LogP contribution in [0.1, 0.15) is 46.0 Å². The molecule has 18 heavy (non-hydrogen) atoms. The van der Waals surface area contributed by atoms with E-state index < -0.39 is 0 Å². The van der Waals surface area contributed by atoms with E-state index in [1.165, 1.54) is 12.8 Å². The molecule has 4 nitrogen and oxygen atoms in total. The highest BCUT2D eigenvalue weighted by Crippen LogP contribution is 2.24. The maximum atomic E-state index is 11.9. The number of carbonyl (C=O) groups excluding carboxylic acids is 1. The molecule has 1 aliphatic carbocycles. The van der Waals surface area contributed by atoms with Crippen molar-refractivity contribution in [3.05, 3.63) is 0 Å². The molecule has 1 amide bonds. The summed E-state index contributed by atoms with van der Waals surface area (Å²) < 4.78 is 0. The molecule has 104 valence electrons. The first-order valence-electron chi connectivity index (χ1n) is 7.35. The Bertz CT molecular complexity index is 291. The van der Waals surface area contributed by atoms with Crippen LogP contribution in [0.15, 0.2) is 0 Å². The van der Waals surface area contributed by atoms with E-state index in [4.69, 9.17) is 5.73 Å². The molecule has 3 atom stereocenters. The van der Waals surface area contributed by atoms with Crippen molar-refractivity contribution in [3.63, 3.8) is 0 Å². The quantitative estimate of drug-likeness (QED) is 0.771. The van der Waals surface area contributed by atoms with Crippen molar-refractivity contribution < 1.29 is 4.79 Å². The van der Waals surface area contributed by atoms with Gasteiger partial charge in [-0.2, -0.15) is 0 Å². The molecule has 3 unspecified atom stereocenters. The Labute approximate surface area is 110 Å². The second-order valence-electron chi connectivity index (χ2n) is 6.16. The minimum atomic E-state index is 0.179. The van der Waals surface area contributed by atoms with E-state index in [-0.39, 0.29) is 11.9 Å². The summed E-state index contributed by atoms with van der Waals surface area (Å²) in [5, 5.41) is 3.06. The number of carbonyl (C=O) groups is 1. The molecule has 0 spiro atoms. The largest absolute Gasteiger partial charge is 0.353 e. The number of nitrogens with two attached hydrogens (primary N) is 1. The van der Waals surface area contributed by atoms with Crippen molar-refractivity contribution in [2.45, 2.75) is 64.1 Å². The second-order valence-corrected chi connectivity index (χ2v) is 6.16. The molecule has 0 radical (unpaired) electrons. The summed E-state index contributed by atoms with van der Waals surface area (Å²) in [6.45, 7) is 6.21. The van der Waals surface area contributed by atoms with Gasteiger partial charge in [-0.1, -0.05) is 6.92 Å². The van der Waals surface area contributed by atoms with Crippen LogP contribution in [-0.2, 0) is 4.79 Å². The third-order valence-corrected chi connectivity index (χ3v) is 4.27. The van der Waals surface area contributed by atoms with Gasteiger partial charge in [0.05, 0.1) is 0 Å². The molecule has 1 saturated heterocycles. The first kappa shape index (κ1) is 13.8. The summed E-state index contributed by atoms with van der Waals surface area (Å²) in [5.74, 6) is 0.903. The number of nitrogens with zero attached hydrogens (tertiary/aromatic N) is 1. The lowest BCUT2D eigenvalue weighted by Gasteiger charge is -2.41. The lowest BCUT2D eigenvalue weighted by Crippen LogP contribution is -2.51. The third kappa shape index (κ3) is 3.69. The average Bonchev–Trinajstić information content (AvgIpc) is 3.13. The van der Waals surface area contributed by atoms with Gasteiger partial charge in [0.2, 0.25) is 5.91 Å². The summed E-state index contributed by atoms with van der Waals surface area (Å²) in [6, 6.07) is 1.22. The maximum absolute atomic E-state index is 11.9.